The van der Waals surface area contributed by atoms with E-state index in [1.807, 2.05) is 0 Å². The van der Waals surface area contributed by atoms with E-state index in [0.29, 0.717) is 40.3 Å². The summed E-state index contributed by atoms with van der Waals surface area (Å²) in [6.07, 6.45) is 0. The largest absolute Gasteiger partial charge is 0.486 e. The minimum absolute atomic E-state index is 0.0921. The van der Waals surface area contributed by atoms with Gasteiger partial charge in [0.2, 0.25) is 21.8 Å². The number of carbonyl (C=O) groups excluding carboxylic acids is 2. The number of rotatable bonds is 10. The first-order valence-electron chi connectivity index (χ1n) is 11.9. The highest BCUT2D eigenvalue weighted by molar-refractivity contribution is 7.92. The third-order valence-electron chi connectivity index (χ3n) is 5.78. The summed E-state index contributed by atoms with van der Waals surface area (Å²) in [5.41, 5.74) is 0.696. The quantitative estimate of drug-likeness (QED) is 0.464. The van der Waals surface area contributed by atoms with Crippen LogP contribution in [0, 0.1) is 0 Å². The van der Waals surface area contributed by atoms with Crippen LogP contribution in [0.15, 0.2) is 36.4 Å². The van der Waals surface area contributed by atoms with Gasteiger partial charge in [0.05, 0.1) is 11.4 Å². The van der Waals surface area contributed by atoms with Gasteiger partial charge in [0.15, 0.2) is 11.5 Å². The second-order valence-electron chi connectivity index (χ2n) is 8.80. The zero-order valence-electron chi connectivity index (χ0n) is 21.2. The van der Waals surface area contributed by atoms with Crippen molar-refractivity contribution < 1.29 is 27.5 Å². The van der Waals surface area contributed by atoms with Gasteiger partial charge < -0.3 is 19.7 Å². The van der Waals surface area contributed by atoms with Gasteiger partial charge in [-0.25, -0.2) is 8.42 Å². The lowest BCUT2D eigenvalue weighted by atomic mass is 10.1. The van der Waals surface area contributed by atoms with Gasteiger partial charge in [-0.2, -0.15) is 0 Å². The maximum atomic E-state index is 13.7. The molecule has 202 valence electrons. The van der Waals surface area contributed by atoms with Crippen molar-refractivity contribution >= 4 is 50.7 Å². The number of hydrogen-bond donors (Lipinski definition) is 1. The molecule has 12 heteroatoms. The van der Waals surface area contributed by atoms with E-state index < -0.39 is 34.4 Å². The van der Waals surface area contributed by atoms with Gasteiger partial charge in [-0.05, 0) is 52.0 Å². The molecule has 3 rings (SSSR count). The molecular formula is C25H31Cl2N3O6S. The summed E-state index contributed by atoms with van der Waals surface area (Å²) in [7, 11) is -3.89. The van der Waals surface area contributed by atoms with Crippen molar-refractivity contribution in [2.75, 3.05) is 29.8 Å². The van der Waals surface area contributed by atoms with E-state index in [1.165, 1.54) is 17.9 Å². The molecular weight excluding hydrogens is 541 g/mol. The number of benzene rings is 2. The van der Waals surface area contributed by atoms with Crippen LogP contribution in [0.1, 0.15) is 33.3 Å². The molecule has 1 heterocycles. The summed E-state index contributed by atoms with van der Waals surface area (Å²) in [6.45, 7) is 6.75. The van der Waals surface area contributed by atoms with E-state index in [-0.39, 0.29) is 24.0 Å². The molecule has 9 nitrogen and oxygen atoms in total. The average molecular weight is 573 g/mol. The van der Waals surface area contributed by atoms with Crippen molar-refractivity contribution in [3.8, 4) is 11.5 Å². The predicted octanol–water partition coefficient (Wildman–Crippen LogP) is 3.86. The Morgan fingerprint density at radius 3 is 2.24 bits per heavy atom. The molecule has 2 aromatic carbocycles. The number of amides is 2. The molecule has 1 aliphatic heterocycles. The standard InChI is InChI=1S/C25H31Cl2N3O6S/c1-5-37(33,34)30(18-9-10-22-23(13-18)36-12-11-35-22)15-24(31)29(17(4)25(32)28-16(2)3)14-19-20(26)7-6-8-21(19)27/h6-10,13,16-17H,5,11-12,14-15H2,1-4H3,(H,28,32). The number of fused-ring (bicyclic) bond motifs is 1. The van der Waals surface area contributed by atoms with Crippen LogP contribution in [0.3, 0.4) is 0 Å². The Kier molecular flexibility index (Phi) is 9.55. The van der Waals surface area contributed by atoms with E-state index in [4.69, 9.17) is 32.7 Å². The minimum Gasteiger partial charge on any atom is -0.486 e. The first-order valence-corrected chi connectivity index (χ1v) is 14.2. The number of hydrogen-bond acceptors (Lipinski definition) is 6. The molecule has 2 amide bonds. The Morgan fingerprint density at radius 1 is 1.03 bits per heavy atom. The van der Waals surface area contributed by atoms with Crippen LogP contribution in [0.4, 0.5) is 5.69 Å². The van der Waals surface area contributed by atoms with Crippen LogP contribution in [0.2, 0.25) is 10.0 Å². The fraction of sp³-hybridized carbons (Fsp3) is 0.440. The molecule has 0 bridgehead atoms. The number of nitrogens with zero attached hydrogens (tertiary/aromatic N) is 2. The molecule has 0 fully saturated rings. The number of sulfonamides is 1. The second-order valence-corrected chi connectivity index (χ2v) is 11.8. The highest BCUT2D eigenvalue weighted by atomic mass is 35.5. The van der Waals surface area contributed by atoms with Crippen LogP contribution < -0.4 is 19.1 Å². The summed E-state index contributed by atoms with van der Waals surface area (Å²) < 4.78 is 38.4. The Morgan fingerprint density at radius 2 is 1.65 bits per heavy atom. The SMILES string of the molecule is CCS(=O)(=O)N(CC(=O)N(Cc1c(Cl)cccc1Cl)C(C)C(=O)NC(C)C)c1ccc2c(c1)OCCO2. The number of anilines is 1. The van der Waals surface area contributed by atoms with E-state index >= 15 is 0 Å². The Balaban J connectivity index is 1.99. The van der Waals surface area contributed by atoms with Crippen molar-refractivity contribution in [3.05, 3.63) is 52.0 Å². The number of ether oxygens (including phenoxy) is 2. The van der Waals surface area contributed by atoms with Gasteiger partial charge in [-0.1, -0.05) is 29.3 Å². The van der Waals surface area contributed by atoms with Crippen molar-refractivity contribution in [1.82, 2.24) is 10.2 Å². The molecule has 0 saturated heterocycles. The fourth-order valence-corrected chi connectivity index (χ4v) is 5.32. The molecule has 0 saturated carbocycles. The Labute approximate surface area is 227 Å². The van der Waals surface area contributed by atoms with Crippen LogP contribution in [0.5, 0.6) is 11.5 Å². The lowest BCUT2D eigenvalue weighted by molar-refractivity contribution is -0.139. The van der Waals surface area contributed by atoms with Crippen molar-refractivity contribution in [2.45, 2.75) is 46.3 Å². The zero-order valence-corrected chi connectivity index (χ0v) is 23.5. The van der Waals surface area contributed by atoms with Crippen LogP contribution >= 0.6 is 23.2 Å². The van der Waals surface area contributed by atoms with Crippen molar-refractivity contribution in [2.24, 2.45) is 0 Å². The minimum atomic E-state index is -3.89. The first-order chi connectivity index (χ1) is 17.4. The molecule has 1 atom stereocenters. The highest BCUT2D eigenvalue weighted by Crippen LogP contribution is 2.35. The monoisotopic (exact) mass is 571 g/mol. The number of nitrogens with one attached hydrogen (secondary N) is 1. The normalized spacial score (nSPS) is 13.7. The first kappa shape index (κ1) is 28.9. The molecule has 2 aromatic rings. The maximum Gasteiger partial charge on any atom is 0.244 e. The molecule has 0 radical (unpaired) electrons. The molecule has 1 unspecified atom stereocenters. The summed E-state index contributed by atoms with van der Waals surface area (Å²) in [4.78, 5) is 27.9. The maximum absolute atomic E-state index is 13.7. The van der Waals surface area contributed by atoms with Crippen LogP contribution in [0.25, 0.3) is 0 Å². The molecule has 0 aliphatic carbocycles. The van der Waals surface area contributed by atoms with Gasteiger partial charge in [0, 0.05) is 34.3 Å². The topological polar surface area (TPSA) is 105 Å². The average Bonchev–Trinajstić information content (AvgIpc) is 2.85. The summed E-state index contributed by atoms with van der Waals surface area (Å²) >= 11 is 12.7. The van der Waals surface area contributed by atoms with E-state index in [1.54, 1.807) is 51.1 Å². The zero-order chi connectivity index (χ0) is 27.3. The van der Waals surface area contributed by atoms with Gasteiger partial charge in [-0.3, -0.25) is 13.9 Å². The van der Waals surface area contributed by atoms with Crippen molar-refractivity contribution in [1.29, 1.82) is 0 Å². The Hall–Kier alpha value is -2.69. The Bertz CT molecular complexity index is 1230. The van der Waals surface area contributed by atoms with Gasteiger partial charge in [0.25, 0.3) is 0 Å². The lowest BCUT2D eigenvalue weighted by Gasteiger charge is -2.32. The fourth-order valence-electron chi connectivity index (χ4n) is 3.75. The van der Waals surface area contributed by atoms with Gasteiger partial charge in [-0.15, -0.1) is 0 Å². The van der Waals surface area contributed by atoms with E-state index in [2.05, 4.69) is 5.32 Å². The van der Waals surface area contributed by atoms with Gasteiger partial charge in [0.1, 0.15) is 25.8 Å². The van der Waals surface area contributed by atoms with Gasteiger partial charge >= 0.3 is 0 Å². The van der Waals surface area contributed by atoms with Crippen LogP contribution in [-0.2, 0) is 26.2 Å². The highest BCUT2D eigenvalue weighted by Gasteiger charge is 2.32. The number of halogens is 2. The summed E-state index contributed by atoms with van der Waals surface area (Å²) in [5, 5.41) is 3.44. The van der Waals surface area contributed by atoms with E-state index in [9.17, 15) is 18.0 Å². The molecule has 0 spiro atoms. The smallest absolute Gasteiger partial charge is 0.244 e. The third-order valence-corrected chi connectivity index (χ3v) is 8.23. The summed E-state index contributed by atoms with van der Waals surface area (Å²) in [5.74, 6) is -0.361. The molecule has 1 aliphatic rings. The molecule has 0 aromatic heterocycles. The summed E-state index contributed by atoms with van der Waals surface area (Å²) in [6, 6.07) is 8.52. The molecule has 1 N–H and O–H groups in total. The second kappa shape index (κ2) is 12.2. The van der Waals surface area contributed by atoms with Crippen molar-refractivity contribution in [3.63, 3.8) is 0 Å². The predicted molar refractivity (Wildman–Crippen MR) is 144 cm³/mol. The number of carbonyl (C=O) groups is 2. The van der Waals surface area contributed by atoms with Crippen LogP contribution in [-0.4, -0.2) is 62.7 Å². The van der Waals surface area contributed by atoms with E-state index in [0.717, 1.165) is 4.31 Å². The molecule has 37 heavy (non-hydrogen) atoms. The third kappa shape index (κ3) is 7.00. The lowest BCUT2D eigenvalue weighted by Crippen LogP contribution is -2.52.